The van der Waals surface area contributed by atoms with Gasteiger partial charge in [-0.1, -0.05) is 50.6 Å². The van der Waals surface area contributed by atoms with Gasteiger partial charge in [-0.05, 0) is 48.9 Å². The van der Waals surface area contributed by atoms with Gasteiger partial charge in [0.05, 0.1) is 0 Å². The van der Waals surface area contributed by atoms with Gasteiger partial charge in [0.2, 0.25) is 0 Å². The minimum absolute atomic E-state index is 0.0756. The second kappa shape index (κ2) is 6.11. The predicted molar refractivity (Wildman–Crippen MR) is 94.6 cm³/mol. The van der Waals surface area contributed by atoms with Crippen molar-refractivity contribution in [3.05, 3.63) is 69.3 Å². The molecule has 0 N–H and O–H groups in total. The van der Waals surface area contributed by atoms with Gasteiger partial charge in [0, 0.05) is 16.7 Å². The summed E-state index contributed by atoms with van der Waals surface area (Å²) in [6.07, 6.45) is 0.762. The van der Waals surface area contributed by atoms with Crippen molar-refractivity contribution in [1.29, 1.82) is 0 Å². The quantitative estimate of drug-likeness (QED) is 0.593. The van der Waals surface area contributed by atoms with Gasteiger partial charge in [0.15, 0.2) is 12.1 Å². The first-order valence-electron chi connectivity index (χ1n) is 7.87. The third-order valence-corrected chi connectivity index (χ3v) is 4.20. The Morgan fingerprint density at radius 2 is 1.52 bits per heavy atom. The van der Waals surface area contributed by atoms with Crippen molar-refractivity contribution in [3.8, 4) is 0 Å². The molecule has 0 heterocycles. The summed E-state index contributed by atoms with van der Waals surface area (Å²) in [6.45, 7) is 12.2. The van der Waals surface area contributed by atoms with E-state index in [4.69, 9.17) is 0 Å². The molecule has 0 atom stereocenters. The van der Waals surface area contributed by atoms with Crippen LogP contribution in [0.25, 0.3) is 0 Å². The minimum atomic E-state index is -0.0757. The first-order chi connectivity index (χ1) is 10.6. The molecule has 0 fully saturated rings. The van der Waals surface area contributed by atoms with Crippen LogP contribution in [0, 0.1) is 20.8 Å². The molecule has 0 spiro atoms. The van der Waals surface area contributed by atoms with Crippen molar-refractivity contribution in [1.82, 2.24) is 0 Å². The lowest BCUT2D eigenvalue weighted by molar-refractivity contribution is 0.102. The van der Waals surface area contributed by atoms with E-state index in [1.807, 2.05) is 45.0 Å². The maximum atomic E-state index is 13.1. The monoisotopic (exact) mass is 308 g/mol. The summed E-state index contributed by atoms with van der Waals surface area (Å²) in [5.74, 6) is -0.0757. The molecule has 0 saturated heterocycles. The summed E-state index contributed by atoms with van der Waals surface area (Å²) in [7, 11) is 0. The van der Waals surface area contributed by atoms with Crippen LogP contribution in [-0.4, -0.2) is 12.1 Å². The summed E-state index contributed by atoms with van der Waals surface area (Å²) >= 11 is 0. The molecule has 23 heavy (non-hydrogen) atoms. The van der Waals surface area contributed by atoms with Gasteiger partial charge in [-0.3, -0.25) is 9.59 Å². The average Bonchev–Trinajstić information content (AvgIpc) is 2.44. The second-order valence-corrected chi connectivity index (χ2v) is 7.27. The minimum Gasteiger partial charge on any atom is -0.298 e. The number of carbonyl (C=O) groups is 2. The lowest BCUT2D eigenvalue weighted by Gasteiger charge is -2.21. The molecule has 0 radical (unpaired) electrons. The summed E-state index contributed by atoms with van der Waals surface area (Å²) in [4.78, 5) is 24.5. The van der Waals surface area contributed by atoms with Gasteiger partial charge in [0.25, 0.3) is 0 Å². The van der Waals surface area contributed by atoms with Crippen LogP contribution in [0.4, 0.5) is 0 Å². The molecule has 0 unspecified atom stereocenters. The van der Waals surface area contributed by atoms with Gasteiger partial charge in [-0.2, -0.15) is 0 Å². The Bertz CT molecular complexity index is 754. The number of carbonyl (C=O) groups excluding carboxylic acids is 2. The average molecular weight is 308 g/mol. The van der Waals surface area contributed by atoms with Crippen molar-refractivity contribution >= 4 is 12.1 Å². The highest BCUT2D eigenvalue weighted by Gasteiger charge is 2.21. The van der Waals surface area contributed by atoms with E-state index in [-0.39, 0.29) is 11.2 Å². The van der Waals surface area contributed by atoms with E-state index in [2.05, 4.69) is 20.8 Å². The molecule has 120 valence electrons. The Morgan fingerprint density at radius 3 is 2.00 bits per heavy atom. The maximum Gasteiger partial charge on any atom is 0.194 e. The standard InChI is InChI=1S/C21H24O2/c1-13-9-14(2)19(15(3)10-13)20(23)18-11-17(21(4,5)6)8-7-16(18)12-22/h7-12H,1-6H3. The summed E-state index contributed by atoms with van der Waals surface area (Å²) in [6, 6.07) is 9.56. The number of hydrogen-bond donors (Lipinski definition) is 0. The highest BCUT2D eigenvalue weighted by Crippen LogP contribution is 2.27. The molecule has 0 aliphatic carbocycles. The fourth-order valence-electron chi connectivity index (χ4n) is 3.00. The van der Waals surface area contributed by atoms with Crippen molar-refractivity contribution in [3.63, 3.8) is 0 Å². The molecule has 2 heteroatoms. The molecule has 2 nitrogen and oxygen atoms in total. The lowest BCUT2D eigenvalue weighted by atomic mass is 9.83. The van der Waals surface area contributed by atoms with Crippen LogP contribution >= 0.6 is 0 Å². The van der Waals surface area contributed by atoms with E-state index in [1.54, 1.807) is 6.07 Å². The molecular weight excluding hydrogens is 284 g/mol. The fourth-order valence-corrected chi connectivity index (χ4v) is 3.00. The summed E-state index contributed by atoms with van der Waals surface area (Å²) in [5.41, 5.74) is 5.64. The zero-order chi connectivity index (χ0) is 17.4. The first-order valence-corrected chi connectivity index (χ1v) is 7.87. The van der Waals surface area contributed by atoms with Crippen molar-refractivity contribution < 1.29 is 9.59 Å². The highest BCUT2D eigenvalue weighted by atomic mass is 16.1. The number of aldehydes is 1. The smallest absolute Gasteiger partial charge is 0.194 e. The van der Waals surface area contributed by atoms with E-state index < -0.39 is 0 Å². The van der Waals surface area contributed by atoms with Crippen molar-refractivity contribution in [2.45, 2.75) is 47.0 Å². The molecule has 0 aromatic heterocycles. The second-order valence-electron chi connectivity index (χ2n) is 7.27. The number of benzene rings is 2. The van der Waals surface area contributed by atoms with Crippen LogP contribution in [0.15, 0.2) is 30.3 Å². The van der Waals surface area contributed by atoms with E-state index in [9.17, 15) is 9.59 Å². The van der Waals surface area contributed by atoms with Gasteiger partial charge in [-0.25, -0.2) is 0 Å². The van der Waals surface area contributed by atoms with Crippen LogP contribution in [0.3, 0.4) is 0 Å². The molecule has 2 aromatic rings. The SMILES string of the molecule is Cc1cc(C)c(C(=O)c2cc(C(C)(C)C)ccc2C=O)c(C)c1. The van der Waals surface area contributed by atoms with E-state index in [0.717, 1.165) is 28.5 Å². The number of hydrogen-bond acceptors (Lipinski definition) is 2. The van der Waals surface area contributed by atoms with Crippen LogP contribution in [0.1, 0.15) is 69.3 Å². The molecular formula is C21H24O2. The molecule has 2 rings (SSSR count). The van der Waals surface area contributed by atoms with Crippen molar-refractivity contribution in [2.75, 3.05) is 0 Å². The zero-order valence-corrected chi connectivity index (χ0v) is 14.8. The summed E-state index contributed by atoms with van der Waals surface area (Å²) in [5, 5.41) is 0. The van der Waals surface area contributed by atoms with Gasteiger partial charge in [-0.15, -0.1) is 0 Å². The molecule has 0 bridgehead atoms. The Kier molecular flexibility index (Phi) is 4.56. The predicted octanol–water partition coefficient (Wildman–Crippen LogP) is 4.95. The van der Waals surface area contributed by atoms with Gasteiger partial charge in [0.1, 0.15) is 0 Å². The first kappa shape index (κ1) is 17.1. The zero-order valence-electron chi connectivity index (χ0n) is 14.8. The van der Waals surface area contributed by atoms with Crippen LogP contribution in [0.2, 0.25) is 0 Å². The topological polar surface area (TPSA) is 34.1 Å². The summed E-state index contributed by atoms with van der Waals surface area (Å²) < 4.78 is 0. The molecule has 2 aromatic carbocycles. The van der Waals surface area contributed by atoms with E-state index in [0.29, 0.717) is 16.7 Å². The largest absolute Gasteiger partial charge is 0.298 e. The Morgan fingerprint density at radius 1 is 0.957 bits per heavy atom. The van der Waals surface area contributed by atoms with E-state index >= 15 is 0 Å². The highest BCUT2D eigenvalue weighted by molar-refractivity contribution is 6.14. The Labute approximate surface area is 138 Å². The molecule has 0 aliphatic heterocycles. The molecule has 0 saturated carbocycles. The third kappa shape index (κ3) is 3.42. The van der Waals surface area contributed by atoms with Crippen LogP contribution in [0.5, 0.6) is 0 Å². The number of rotatable bonds is 3. The van der Waals surface area contributed by atoms with Gasteiger partial charge < -0.3 is 0 Å². The van der Waals surface area contributed by atoms with Crippen molar-refractivity contribution in [2.24, 2.45) is 0 Å². The van der Waals surface area contributed by atoms with Crippen LogP contribution in [-0.2, 0) is 5.41 Å². The van der Waals surface area contributed by atoms with Crippen LogP contribution < -0.4 is 0 Å². The molecule has 0 aliphatic rings. The molecule has 0 amide bonds. The van der Waals surface area contributed by atoms with E-state index in [1.165, 1.54) is 0 Å². The number of aryl methyl sites for hydroxylation is 3. The third-order valence-electron chi connectivity index (χ3n) is 4.20. The Balaban J connectivity index is 2.66. The lowest BCUT2D eigenvalue weighted by Crippen LogP contribution is -2.15. The Hall–Kier alpha value is -2.22. The van der Waals surface area contributed by atoms with Gasteiger partial charge >= 0.3 is 0 Å². The maximum absolute atomic E-state index is 13.1. The number of ketones is 1. The fraction of sp³-hybridized carbons (Fsp3) is 0.333. The normalized spacial score (nSPS) is 11.4.